The van der Waals surface area contributed by atoms with Crippen molar-refractivity contribution >= 4 is 16.7 Å². The molecular formula is C10H7F2N3. The number of nitrogen functional groups attached to an aromatic ring is 1. The van der Waals surface area contributed by atoms with Gasteiger partial charge in [-0.1, -0.05) is 0 Å². The Morgan fingerprint density at radius 3 is 2.47 bits per heavy atom. The number of hydrogen-bond acceptors (Lipinski definition) is 2. The molecule has 0 spiro atoms. The Kier molecular flexibility index (Phi) is 2.07. The van der Waals surface area contributed by atoms with Crippen LogP contribution in [0.3, 0.4) is 0 Å². The van der Waals surface area contributed by atoms with Crippen LogP contribution in [0.15, 0.2) is 24.3 Å². The summed E-state index contributed by atoms with van der Waals surface area (Å²) < 4.78 is 26.5. The highest BCUT2D eigenvalue weighted by molar-refractivity contribution is 5.95. The minimum absolute atomic E-state index is 0.0833. The van der Waals surface area contributed by atoms with Crippen LogP contribution < -0.4 is 5.73 Å². The van der Waals surface area contributed by atoms with Gasteiger partial charge in [0, 0.05) is 5.39 Å². The predicted molar refractivity (Wildman–Crippen MR) is 52.7 cm³/mol. The molecule has 0 atom stereocenters. The maximum absolute atomic E-state index is 13.3. The normalized spacial score (nSPS) is 10.5. The summed E-state index contributed by atoms with van der Waals surface area (Å²) in [6.45, 7) is 0. The fourth-order valence-electron chi connectivity index (χ4n) is 1.30. The number of nitrogens with one attached hydrogen (secondary N) is 1. The lowest BCUT2D eigenvalue weighted by molar-refractivity contribution is 0.615. The topological polar surface area (TPSA) is 62.8 Å². The molecule has 76 valence electrons. The van der Waals surface area contributed by atoms with Crippen molar-refractivity contribution in [2.75, 3.05) is 0 Å². The van der Waals surface area contributed by atoms with Gasteiger partial charge in [0.1, 0.15) is 28.7 Å². The molecule has 2 aromatic rings. The Hall–Kier alpha value is -2.04. The van der Waals surface area contributed by atoms with E-state index in [4.69, 9.17) is 11.1 Å². The summed E-state index contributed by atoms with van der Waals surface area (Å²) in [5, 5.41) is 7.22. The summed E-state index contributed by atoms with van der Waals surface area (Å²) in [7, 11) is 0. The third-order valence-corrected chi connectivity index (χ3v) is 2.03. The van der Waals surface area contributed by atoms with Crippen molar-refractivity contribution in [2.24, 2.45) is 5.73 Å². The predicted octanol–water partition coefficient (Wildman–Crippen LogP) is 1.80. The molecule has 0 radical (unpaired) electrons. The SMILES string of the molecule is N=C(N)c1ccc2c(F)ccc(F)c2n1. The minimum Gasteiger partial charge on any atom is -0.382 e. The number of nitrogens with two attached hydrogens (primary N) is 1. The van der Waals surface area contributed by atoms with Crippen molar-refractivity contribution in [1.82, 2.24) is 4.98 Å². The largest absolute Gasteiger partial charge is 0.382 e. The lowest BCUT2D eigenvalue weighted by atomic mass is 10.2. The number of pyridine rings is 1. The number of nitrogens with zero attached hydrogens (tertiary/aromatic N) is 1. The van der Waals surface area contributed by atoms with E-state index >= 15 is 0 Å². The first-order valence-electron chi connectivity index (χ1n) is 4.19. The fraction of sp³-hybridized carbons (Fsp3) is 0. The third-order valence-electron chi connectivity index (χ3n) is 2.03. The zero-order valence-corrected chi connectivity index (χ0v) is 7.59. The van der Waals surface area contributed by atoms with E-state index < -0.39 is 11.6 Å². The first-order valence-corrected chi connectivity index (χ1v) is 4.19. The monoisotopic (exact) mass is 207 g/mol. The van der Waals surface area contributed by atoms with E-state index in [1.807, 2.05) is 0 Å². The number of hydrogen-bond donors (Lipinski definition) is 2. The van der Waals surface area contributed by atoms with Crippen LogP contribution in [0.25, 0.3) is 10.9 Å². The zero-order valence-electron chi connectivity index (χ0n) is 7.59. The van der Waals surface area contributed by atoms with Crippen molar-refractivity contribution in [3.05, 3.63) is 41.6 Å². The number of fused-ring (bicyclic) bond motifs is 1. The molecule has 0 amide bonds. The molecule has 0 saturated carbocycles. The molecular weight excluding hydrogens is 200 g/mol. The van der Waals surface area contributed by atoms with E-state index in [0.29, 0.717) is 0 Å². The quantitative estimate of drug-likeness (QED) is 0.553. The Labute approximate surface area is 84.1 Å². The average Bonchev–Trinajstić information content (AvgIpc) is 2.23. The van der Waals surface area contributed by atoms with Crippen LogP contribution in [0, 0.1) is 17.0 Å². The minimum atomic E-state index is -0.630. The van der Waals surface area contributed by atoms with Gasteiger partial charge in [0.25, 0.3) is 0 Å². The third kappa shape index (κ3) is 1.52. The van der Waals surface area contributed by atoms with E-state index in [-0.39, 0.29) is 22.4 Å². The number of halogens is 2. The number of amidine groups is 1. The zero-order chi connectivity index (χ0) is 11.0. The standard InChI is InChI=1S/C10H7F2N3/c11-6-2-3-7(12)9-5(6)1-4-8(15-9)10(13)14/h1-4H,(H3,13,14). The van der Waals surface area contributed by atoms with Crippen molar-refractivity contribution in [3.63, 3.8) is 0 Å². The summed E-state index contributed by atoms with van der Waals surface area (Å²) in [6, 6.07) is 4.77. The second kappa shape index (κ2) is 3.27. The lowest BCUT2D eigenvalue weighted by Crippen LogP contribution is -2.13. The van der Waals surface area contributed by atoms with Gasteiger partial charge >= 0.3 is 0 Å². The van der Waals surface area contributed by atoms with Gasteiger partial charge in [-0.3, -0.25) is 5.41 Å². The van der Waals surface area contributed by atoms with Crippen LogP contribution in [-0.2, 0) is 0 Å². The highest BCUT2D eigenvalue weighted by Crippen LogP contribution is 2.19. The van der Waals surface area contributed by atoms with Gasteiger partial charge in [-0.2, -0.15) is 0 Å². The molecule has 3 N–H and O–H groups in total. The second-order valence-corrected chi connectivity index (χ2v) is 3.04. The highest BCUT2D eigenvalue weighted by atomic mass is 19.1. The second-order valence-electron chi connectivity index (χ2n) is 3.04. The molecule has 0 aliphatic carbocycles. The van der Waals surface area contributed by atoms with Crippen LogP contribution in [0.4, 0.5) is 8.78 Å². The van der Waals surface area contributed by atoms with Gasteiger partial charge in [0.2, 0.25) is 0 Å². The maximum Gasteiger partial charge on any atom is 0.149 e. The molecule has 0 unspecified atom stereocenters. The van der Waals surface area contributed by atoms with Crippen molar-refractivity contribution in [3.8, 4) is 0 Å². The number of rotatable bonds is 1. The molecule has 0 aliphatic heterocycles. The van der Waals surface area contributed by atoms with Crippen LogP contribution in [0.2, 0.25) is 0 Å². The van der Waals surface area contributed by atoms with E-state index in [2.05, 4.69) is 4.98 Å². The van der Waals surface area contributed by atoms with Crippen molar-refractivity contribution in [2.45, 2.75) is 0 Å². The Bertz CT molecular complexity index is 552. The van der Waals surface area contributed by atoms with Gasteiger partial charge in [-0.05, 0) is 24.3 Å². The van der Waals surface area contributed by atoms with Crippen LogP contribution >= 0.6 is 0 Å². The van der Waals surface area contributed by atoms with Gasteiger partial charge in [0.15, 0.2) is 0 Å². The Morgan fingerprint density at radius 1 is 1.13 bits per heavy atom. The van der Waals surface area contributed by atoms with Gasteiger partial charge < -0.3 is 5.73 Å². The van der Waals surface area contributed by atoms with Gasteiger partial charge in [-0.25, -0.2) is 13.8 Å². The molecule has 5 heteroatoms. The molecule has 15 heavy (non-hydrogen) atoms. The molecule has 1 aromatic carbocycles. The molecule has 0 bridgehead atoms. The summed E-state index contributed by atoms with van der Waals surface area (Å²) in [5.74, 6) is -1.45. The molecule has 0 aliphatic rings. The van der Waals surface area contributed by atoms with Crippen LogP contribution in [0.1, 0.15) is 5.69 Å². The average molecular weight is 207 g/mol. The maximum atomic E-state index is 13.3. The van der Waals surface area contributed by atoms with E-state index in [1.165, 1.54) is 12.1 Å². The molecule has 0 saturated heterocycles. The van der Waals surface area contributed by atoms with Crippen LogP contribution in [-0.4, -0.2) is 10.8 Å². The summed E-state index contributed by atoms with van der Waals surface area (Å²) >= 11 is 0. The van der Waals surface area contributed by atoms with E-state index in [0.717, 1.165) is 12.1 Å². The van der Waals surface area contributed by atoms with Crippen molar-refractivity contribution in [1.29, 1.82) is 5.41 Å². The summed E-state index contributed by atoms with van der Waals surface area (Å²) in [4.78, 5) is 3.77. The highest BCUT2D eigenvalue weighted by Gasteiger charge is 2.08. The van der Waals surface area contributed by atoms with E-state index in [9.17, 15) is 8.78 Å². The smallest absolute Gasteiger partial charge is 0.149 e. The fourth-order valence-corrected chi connectivity index (χ4v) is 1.30. The first-order chi connectivity index (χ1) is 7.09. The molecule has 1 heterocycles. The molecule has 2 rings (SSSR count). The molecule has 1 aromatic heterocycles. The summed E-state index contributed by atoms with van der Waals surface area (Å²) in [6.07, 6.45) is 0. The first kappa shape index (κ1) is 9.51. The van der Waals surface area contributed by atoms with E-state index in [1.54, 1.807) is 0 Å². The Morgan fingerprint density at radius 2 is 1.80 bits per heavy atom. The summed E-state index contributed by atoms with van der Waals surface area (Å²) in [5.41, 5.74) is 5.22. The number of benzene rings is 1. The van der Waals surface area contributed by atoms with Crippen molar-refractivity contribution < 1.29 is 8.78 Å². The van der Waals surface area contributed by atoms with Gasteiger partial charge in [0.05, 0.1) is 0 Å². The lowest BCUT2D eigenvalue weighted by Gasteiger charge is -2.02. The molecule has 3 nitrogen and oxygen atoms in total. The van der Waals surface area contributed by atoms with Crippen LogP contribution in [0.5, 0.6) is 0 Å². The molecule has 0 fully saturated rings. The number of aromatic nitrogens is 1. The van der Waals surface area contributed by atoms with Gasteiger partial charge in [-0.15, -0.1) is 0 Å². The Balaban J connectivity index is 2.81.